The molecule has 1 aromatic heterocycles. The van der Waals surface area contributed by atoms with Gasteiger partial charge in [0.1, 0.15) is 11.5 Å². The predicted octanol–water partition coefficient (Wildman–Crippen LogP) is 5.65. The van der Waals surface area contributed by atoms with E-state index < -0.39 is 0 Å². The summed E-state index contributed by atoms with van der Waals surface area (Å²) < 4.78 is 15.1. The molecule has 2 aromatic carbocycles. The lowest BCUT2D eigenvalue weighted by molar-refractivity contribution is 0.101. The summed E-state index contributed by atoms with van der Waals surface area (Å²) in [7, 11) is 0. The molecule has 0 saturated heterocycles. The Balaban J connectivity index is 2.09. The van der Waals surface area contributed by atoms with Gasteiger partial charge in [-0.1, -0.05) is 26.0 Å². The summed E-state index contributed by atoms with van der Waals surface area (Å²) in [6.07, 6.45) is 1.78. The van der Waals surface area contributed by atoms with Crippen molar-refractivity contribution in [3.8, 4) is 0 Å². The number of carbonyl (C=O) groups is 1. The van der Waals surface area contributed by atoms with Crippen LogP contribution in [0.2, 0.25) is 0 Å². The highest BCUT2D eigenvalue weighted by Crippen LogP contribution is 2.29. The van der Waals surface area contributed by atoms with E-state index in [4.69, 9.17) is 0 Å². The molecule has 3 nitrogen and oxygen atoms in total. The van der Waals surface area contributed by atoms with Gasteiger partial charge in [-0.05, 0) is 60.4 Å². The zero-order valence-electron chi connectivity index (χ0n) is 15.3. The van der Waals surface area contributed by atoms with Crippen molar-refractivity contribution in [3.63, 3.8) is 0 Å². The molecular weight excluding hydrogens is 327 g/mol. The van der Waals surface area contributed by atoms with Crippen molar-refractivity contribution in [3.05, 3.63) is 77.8 Å². The Labute approximate surface area is 153 Å². The van der Waals surface area contributed by atoms with E-state index in [-0.39, 0.29) is 11.7 Å². The van der Waals surface area contributed by atoms with Crippen molar-refractivity contribution in [2.45, 2.75) is 33.2 Å². The Bertz CT molecular complexity index is 968. The van der Waals surface area contributed by atoms with E-state index in [0.29, 0.717) is 23.8 Å². The van der Waals surface area contributed by atoms with Crippen LogP contribution in [0.25, 0.3) is 10.9 Å². The van der Waals surface area contributed by atoms with Gasteiger partial charge in [-0.15, -0.1) is 6.58 Å². The van der Waals surface area contributed by atoms with E-state index in [1.807, 2.05) is 11.5 Å². The number of fused-ring (bicyclic) bond motifs is 1. The van der Waals surface area contributed by atoms with Crippen LogP contribution in [0.5, 0.6) is 0 Å². The average molecular weight is 350 g/mol. The summed E-state index contributed by atoms with van der Waals surface area (Å²) in [4.78, 5) is 12.9. The first-order valence-corrected chi connectivity index (χ1v) is 8.73. The molecule has 0 aliphatic carbocycles. The van der Waals surface area contributed by atoms with Crippen molar-refractivity contribution < 1.29 is 9.18 Å². The second kappa shape index (κ2) is 7.16. The maximum atomic E-state index is 13.1. The minimum absolute atomic E-state index is 0.210. The standard InChI is InChI=1S/C22H23FN2O/c1-5-12-25-20-11-6-16(14(2)3)13-19(20)15(4)21(25)22(26)24-18-9-7-17(23)8-10-18/h5-11,13-14H,1,12H2,2-4H3,(H,24,26). The number of carbonyl (C=O) groups excluding carboxylic acids is 1. The van der Waals surface area contributed by atoms with E-state index in [0.717, 1.165) is 16.5 Å². The zero-order valence-corrected chi connectivity index (χ0v) is 15.3. The Hall–Kier alpha value is -2.88. The van der Waals surface area contributed by atoms with Crippen molar-refractivity contribution in [2.75, 3.05) is 5.32 Å². The number of hydrogen-bond donors (Lipinski definition) is 1. The molecule has 1 heterocycles. The van der Waals surface area contributed by atoms with Gasteiger partial charge in [0.25, 0.3) is 5.91 Å². The van der Waals surface area contributed by atoms with Crippen LogP contribution in [0, 0.1) is 12.7 Å². The van der Waals surface area contributed by atoms with Crippen molar-refractivity contribution in [2.24, 2.45) is 0 Å². The maximum absolute atomic E-state index is 13.1. The smallest absolute Gasteiger partial charge is 0.272 e. The quantitative estimate of drug-likeness (QED) is 0.593. The molecule has 0 aliphatic rings. The molecule has 0 atom stereocenters. The first-order chi connectivity index (χ1) is 12.4. The number of rotatable bonds is 5. The van der Waals surface area contributed by atoms with Gasteiger partial charge in [-0.25, -0.2) is 4.39 Å². The monoisotopic (exact) mass is 350 g/mol. The van der Waals surface area contributed by atoms with Crippen LogP contribution in [-0.4, -0.2) is 10.5 Å². The molecule has 134 valence electrons. The molecule has 26 heavy (non-hydrogen) atoms. The number of hydrogen-bond acceptors (Lipinski definition) is 1. The molecule has 0 saturated carbocycles. The van der Waals surface area contributed by atoms with Gasteiger partial charge in [0, 0.05) is 23.1 Å². The fourth-order valence-corrected chi connectivity index (χ4v) is 3.23. The average Bonchev–Trinajstić information content (AvgIpc) is 2.89. The molecule has 0 fully saturated rings. The summed E-state index contributed by atoms with van der Waals surface area (Å²) >= 11 is 0. The van der Waals surface area contributed by atoms with E-state index >= 15 is 0 Å². The SMILES string of the molecule is C=CCn1c(C(=O)Nc2ccc(F)cc2)c(C)c2cc(C(C)C)ccc21. The molecule has 0 aliphatic heterocycles. The lowest BCUT2D eigenvalue weighted by Gasteiger charge is -2.10. The number of anilines is 1. The lowest BCUT2D eigenvalue weighted by atomic mass is 10.0. The Morgan fingerprint density at radius 2 is 1.92 bits per heavy atom. The van der Waals surface area contributed by atoms with Crippen molar-refractivity contribution in [1.82, 2.24) is 4.57 Å². The van der Waals surface area contributed by atoms with E-state index in [2.05, 4.69) is 43.9 Å². The molecule has 0 bridgehead atoms. The molecule has 1 N–H and O–H groups in total. The topological polar surface area (TPSA) is 34.0 Å². The van der Waals surface area contributed by atoms with Crippen LogP contribution in [-0.2, 0) is 6.54 Å². The summed E-state index contributed by atoms with van der Waals surface area (Å²) in [6, 6.07) is 12.1. The van der Waals surface area contributed by atoms with Crippen LogP contribution in [0.3, 0.4) is 0 Å². The Kier molecular flexibility index (Phi) is 4.94. The fourth-order valence-electron chi connectivity index (χ4n) is 3.23. The third-order valence-corrected chi connectivity index (χ3v) is 4.64. The van der Waals surface area contributed by atoms with Crippen LogP contribution < -0.4 is 5.32 Å². The van der Waals surface area contributed by atoms with Crippen molar-refractivity contribution >= 4 is 22.5 Å². The number of allylic oxidation sites excluding steroid dienone is 1. The minimum atomic E-state index is -0.332. The zero-order chi connectivity index (χ0) is 18.8. The molecule has 3 aromatic rings. The van der Waals surface area contributed by atoms with Gasteiger partial charge >= 0.3 is 0 Å². The maximum Gasteiger partial charge on any atom is 0.272 e. The molecule has 4 heteroatoms. The summed E-state index contributed by atoms with van der Waals surface area (Å²) in [5, 5.41) is 3.93. The van der Waals surface area contributed by atoms with Crippen molar-refractivity contribution in [1.29, 1.82) is 0 Å². The highest BCUT2D eigenvalue weighted by molar-refractivity contribution is 6.08. The third-order valence-electron chi connectivity index (χ3n) is 4.64. The molecule has 0 radical (unpaired) electrons. The largest absolute Gasteiger partial charge is 0.332 e. The normalized spacial score (nSPS) is 11.1. The fraction of sp³-hybridized carbons (Fsp3) is 0.227. The number of nitrogens with one attached hydrogen (secondary N) is 1. The number of benzene rings is 2. The molecule has 0 spiro atoms. The molecule has 1 amide bonds. The highest BCUT2D eigenvalue weighted by atomic mass is 19.1. The van der Waals surface area contributed by atoms with Gasteiger partial charge in [-0.2, -0.15) is 0 Å². The van der Waals surface area contributed by atoms with E-state index in [9.17, 15) is 9.18 Å². The number of halogens is 1. The number of nitrogens with zero attached hydrogens (tertiary/aromatic N) is 1. The first-order valence-electron chi connectivity index (χ1n) is 8.73. The van der Waals surface area contributed by atoms with Crippen LogP contribution in [0.4, 0.5) is 10.1 Å². The van der Waals surface area contributed by atoms with Gasteiger partial charge in [0.05, 0.1) is 0 Å². The third kappa shape index (κ3) is 3.27. The van der Waals surface area contributed by atoms with Gasteiger partial charge in [-0.3, -0.25) is 4.79 Å². The number of aryl methyl sites for hydroxylation is 1. The summed E-state index contributed by atoms with van der Waals surface area (Å²) in [5.41, 5.74) is 4.35. The van der Waals surface area contributed by atoms with E-state index in [1.165, 1.54) is 17.7 Å². The van der Waals surface area contributed by atoms with Gasteiger partial charge in [0.2, 0.25) is 0 Å². The number of amides is 1. The Morgan fingerprint density at radius 3 is 2.54 bits per heavy atom. The molecule has 3 rings (SSSR count). The van der Waals surface area contributed by atoms with Gasteiger partial charge in [0.15, 0.2) is 0 Å². The number of aromatic nitrogens is 1. The first kappa shape index (κ1) is 17.9. The van der Waals surface area contributed by atoms with Gasteiger partial charge < -0.3 is 9.88 Å². The predicted molar refractivity (Wildman–Crippen MR) is 105 cm³/mol. The highest BCUT2D eigenvalue weighted by Gasteiger charge is 2.20. The minimum Gasteiger partial charge on any atom is -0.332 e. The molecular formula is C22H23FN2O. The second-order valence-corrected chi connectivity index (χ2v) is 6.77. The van der Waals surface area contributed by atoms with Crippen LogP contribution >= 0.6 is 0 Å². The van der Waals surface area contributed by atoms with E-state index in [1.54, 1.807) is 18.2 Å². The van der Waals surface area contributed by atoms with Crippen LogP contribution in [0.1, 0.15) is 41.4 Å². The van der Waals surface area contributed by atoms with Crippen LogP contribution in [0.15, 0.2) is 55.1 Å². The molecule has 0 unspecified atom stereocenters. The summed E-state index contributed by atoms with van der Waals surface area (Å²) in [5.74, 6) is -0.127. The second-order valence-electron chi connectivity index (χ2n) is 6.77. The Morgan fingerprint density at radius 1 is 1.23 bits per heavy atom. The summed E-state index contributed by atoms with van der Waals surface area (Å²) in [6.45, 7) is 10.6. The lowest BCUT2D eigenvalue weighted by Crippen LogP contribution is -2.18.